The Morgan fingerprint density at radius 3 is 2.85 bits per heavy atom. The molecule has 0 aliphatic heterocycles. The summed E-state index contributed by atoms with van der Waals surface area (Å²) in [6, 6.07) is 15.2. The first-order chi connectivity index (χ1) is 9.84. The SMILES string of the molecule is Cc1cc2ccccc2n1CCNCCc1cccs1. The summed E-state index contributed by atoms with van der Waals surface area (Å²) in [7, 11) is 0. The van der Waals surface area contributed by atoms with Crippen LogP contribution in [-0.2, 0) is 13.0 Å². The molecule has 2 aromatic heterocycles. The van der Waals surface area contributed by atoms with Crippen molar-refractivity contribution in [1.29, 1.82) is 0 Å². The van der Waals surface area contributed by atoms with Gasteiger partial charge in [-0.15, -0.1) is 11.3 Å². The maximum Gasteiger partial charge on any atom is 0.0482 e. The number of benzene rings is 1. The van der Waals surface area contributed by atoms with Gasteiger partial charge in [-0.25, -0.2) is 0 Å². The Morgan fingerprint density at radius 1 is 1.10 bits per heavy atom. The first-order valence-corrected chi connectivity index (χ1v) is 8.00. The van der Waals surface area contributed by atoms with Crippen LogP contribution in [0.2, 0.25) is 0 Å². The second-order valence-corrected chi connectivity index (χ2v) is 6.11. The van der Waals surface area contributed by atoms with Crippen molar-refractivity contribution >= 4 is 22.2 Å². The zero-order chi connectivity index (χ0) is 13.8. The van der Waals surface area contributed by atoms with E-state index >= 15 is 0 Å². The molecule has 3 aromatic rings. The zero-order valence-corrected chi connectivity index (χ0v) is 12.6. The van der Waals surface area contributed by atoms with Crippen LogP contribution in [0.4, 0.5) is 0 Å². The van der Waals surface area contributed by atoms with Crippen molar-refractivity contribution in [3.8, 4) is 0 Å². The molecule has 0 atom stereocenters. The van der Waals surface area contributed by atoms with Crippen molar-refractivity contribution in [2.24, 2.45) is 0 Å². The van der Waals surface area contributed by atoms with Gasteiger partial charge in [-0.3, -0.25) is 0 Å². The summed E-state index contributed by atoms with van der Waals surface area (Å²) in [6.45, 7) is 5.29. The van der Waals surface area contributed by atoms with Crippen LogP contribution >= 0.6 is 11.3 Å². The Morgan fingerprint density at radius 2 is 2.00 bits per heavy atom. The highest BCUT2D eigenvalue weighted by Crippen LogP contribution is 2.18. The normalized spacial score (nSPS) is 11.2. The summed E-state index contributed by atoms with van der Waals surface area (Å²) in [5.74, 6) is 0. The molecule has 1 N–H and O–H groups in total. The smallest absolute Gasteiger partial charge is 0.0482 e. The van der Waals surface area contributed by atoms with Gasteiger partial charge in [0.2, 0.25) is 0 Å². The van der Waals surface area contributed by atoms with Crippen LogP contribution in [0.3, 0.4) is 0 Å². The Labute approximate surface area is 124 Å². The van der Waals surface area contributed by atoms with E-state index in [4.69, 9.17) is 0 Å². The lowest BCUT2D eigenvalue weighted by atomic mass is 10.2. The molecule has 1 aromatic carbocycles. The quantitative estimate of drug-likeness (QED) is 0.680. The highest BCUT2D eigenvalue weighted by Gasteiger charge is 2.03. The fraction of sp³-hybridized carbons (Fsp3) is 0.294. The largest absolute Gasteiger partial charge is 0.344 e. The van der Waals surface area contributed by atoms with Gasteiger partial charge in [-0.05, 0) is 42.3 Å². The highest BCUT2D eigenvalue weighted by atomic mass is 32.1. The minimum atomic E-state index is 1.02. The van der Waals surface area contributed by atoms with Gasteiger partial charge in [0.1, 0.15) is 0 Å². The number of rotatable bonds is 6. The Kier molecular flexibility index (Phi) is 4.19. The van der Waals surface area contributed by atoms with E-state index in [0.29, 0.717) is 0 Å². The molecule has 2 nitrogen and oxygen atoms in total. The summed E-state index contributed by atoms with van der Waals surface area (Å²) < 4.78 is 2.40. The second kappa shape index (κ2) is 6.25. The monoisotopic (exact) mass is 284 g/mol. The van der Waals surface area contributed by atoms with Gasteiger partial charge in [0, 0.05) is 35.7 Å². The van der Waals surface area contributed by atoms with Crippen molar-refractivity contribution in [3.05, 3.63) is 58.4 Å². The summed E-state index contributed by atoms with van der Waals surface area (Å²) in [5.41, 5.74) is 2.68. The Bertz CT molecular complexity index is 667. The number of thiophene rings is 1. The van der Waals surface area contributed by atoms with E-state index in [1.165, 1.54) is 21.5 Å². The number of aromatic nitrogens is 1. The van der Waals surface area contributed by atoms with E-state index in [-0.39, 0.29) is 0 Å². The van der Waals surface area contributed by atoms with Crippen molar-refractivity contribution in [2.45, 2.75) is 19.9 Å². The highest BCUT2D eigenvalue weighted by molar-refractivity contribution is 7.09. The molecule has 0 fully saturated rings. The number of aryl methyl sites for hydroxylation is 1. The molecule has 0 amide bonds. The summed E-state index contributed by atoms with van der Waals surface area (Å²) >= 11 is 1.84. The molecule has 3 heteroatoms. The maximum atomic E-state index is 3.54. The number of nitrogens with zero attached hydrogens (tertiary/aromatic N) is 1. The molecule has 0 saturated heterocycles. The third-order valence-electron chi connectivity index (χ3n) is 3.66. The van der Waals surface area contributed by atoms with Gasteiger partial charge in [0.15, 0.2) is 0 Å². The van der Waals surface area contributed by atoms with E-state index in [1.54, 1.807) is 0 Å². The lowest BCUT2D eigenvalue weighted by molar-refractivity contribution is 0.604. The molecule has 0 unspecified atom stereocenters. The van der Waals surface area contributed by atoms with Crippen LogP contribution in [-0.4, -0.2) is 17.7 Å². The molecule has 2 heterocycles. The predicted molar refractivity (Wildman–Crippen MR) is 87.6 cm³/mol. The van der Waals surface area contributed by atoms with Crippen LogP contribution in [0.1, 0.15) is 10.6 Å². The topological polar surface area (TPSA) is 17.0 Å². The van der Waals surface area contributed by atoms with Crippen LogP contribution in [0.5, 0.6) is 0 Å². The van der Waals surface area contributed by atoms with E-state index < -0.39 is 0 Å². The van der Waals surface area contributed by atoms with E-state index in [9.17, 15) is 0 Å². The molecule has 20 heavy (non-hydrogen) atoms. The number of hydrogen-bond acceptors (Lipinski definition) is 2. The van der Waals surface area contributed by atoms with Crippen molar-refractivity contribution < 1.29 is 0 Å². The molecule has 0 radical (unpaired) electrons. The summed E-state index contributed by atoms with van der Waals surface area (Å²) in [5, 5.41) is 7.02. The van der Waals surface area contributed by atoms with E-state index in [1.807, 2.05) is 11.3 Å². The molecular formula is C17H20N2S. The minimum absolute atomic E-state index is 1.02. The molecule has 104 valence electrons. The van der Waals surface area contributed by atoms with Gasteiger partial charge < -0.3 is 9.88 Å². The summed E-state index contributed by atoms with van der Waals surface area (Å²) in [4.78, 5) is 1.46. The third kappa shape index (κ3) is 2.94. The van der Waals surface area contributed by atoms with Gasteiger partial charge in [-0.1, -0.05) is 24.3 Å². The van der Waals surface area contributed by atoms with Gasteiger partial charge in [0.05, 0.1) is 0 Å². The minimum Gasteiger partial charge on any atom is -0.344 e. The number of para-hydroxylation sites is 1. The molecule has 0 aliphatic rings. The summed E-state index contributed by atoms with van der Waals surface area (Å²) in [6.07, 6.45) is 1.13. The van der Waals surface area contributed by atoms with E-state index in [0.717, 1.165) is 26.1 Å². The van der Waals surface area contributed by atoms with Gasteiger partial charge >= 0.3 is 0 Å². The molecule has 0 bridgehead atoms. The van der Waals surface area contributed by atoms with Crippen molar-refractivity contribution in [2.75, 3.05) is 13.1 Å². The number of hydrogen-bond donors (Lipinski definition) is 1. The fourth-order valence-electron chi connectivity index (χ4n) is 2.63. The zero-order valence-electron chi connectivity index (χ0n) is 11.8. The van der Waals surface area contributed by atoms with E-state index in [2.05, 4.69) is 64.7 Å². The van der Waals surface area contributed by atoms with Crippen LogP contribution in [0.25, 0.3) is 10.9 Å². The average molecular weight is 284 g/mol. The fourth-order valence-corrected chi connectivity index (χ4v) is 3.34. The predicted octanol–water partition coefficient (Wildman–Crippen LogP) is 3.84. The maximum absolute atomic E-state index is 3.54. The van der Waals surface area contributed by atoms with Gasteiger partial charge in [-0.2, -0.15) is 0 Å². The average Bonchev–Trinajstić information content (AvgIpc) is 3.06. The van der Waals surface area contributed by atoms with Crippen LogP contribution < -0.4 is 5.32 Å². The lowest BCUT2D eigenvalue weighted by Gasteiger charge is -2.09. The second-order valence-electron chi connectivity index (χ2n) is 5.08. The Balaban J connectivity index is 1.53. The number of fused-ring (bicyclic) bond motifs is 1. The third-order valence-corrected chi connectivity index (χ3v) is 4.59. The van der Waals surface area contributed by atoms with Crippen molar-refractivity contribution in [3.63, 3.8) is 0 Å². The van der Waals surface area contributed by atoms with Gasteiger partial charge in [0.25, 0.3) is 0 Å². The van der Waals surface area contributed by atoms with Crippen LogP contribution in [0.15, 0.2) is 47.8 Å². The lowest BCUT2D eigenvalue weighted by Crippen LogP contribution is -2.22. The molecular weight excluding hydrogens is 264 g/mol. The standard InChI is InChI=1S/C17H20N2S/c1-14-13-15-5-2-3-7-17(15)19(14)11-10-18-9-8-16-6-4-12-20-16/h2-7,12-13,18H,8-11H2,1H3. The van der Waals surface area contributed by atoms with Crippen LogP contribution in [0, 0.1) is 6.92 Å². The molecule has 3 rings (SSSR count). The first kappa shape index (κ1) is 13.4. The molecule has 0 saturated carbocycles. The molecule has 0 spiro atoms. The first-order valence-electron chi connectivity index (χ1n) is 7.12. The van der Waals surface area contributed by atoms with Crippen molar-refractivity contribution in [1.82, 2.24) is 9.88 Å². The molecule has 0 aliphatic carbocycles. The number of nitrogens with one attached hydrogen (secondary N) is 1. The Hall–Kier alpha value is -1.58.